The first-order valence-electron chi connectivity index (χ1n) is 4.20. The Morgan fingerprint density at radius 2 is 1.94 bits per heavy atom. The van der Waals surface area contributed by atoms with E-state index < -0.39 is 32.6 Å². The van der Waals surface area contributed by atoms with Gasteiger partial charge in [-0.15, -0.1) is 0 Å². The van der Waals surface area contributed by atoms with Crippen molar-refractivity contribution < 1.29 is 22.9 Å². The summed E-state index contributed by atoms with van der Waals surface area (Å²) in [5, 5.41) is 10.6. The Kier molecular flexibility index (Phi) is 3.56. The van der Waals surface area contributed by atoms with E-state index in [9.17, 15) is 28.1 Å². The molecule has 17 heavy (non-hydrogen) atoms. The van der Waals surface area contributed by atoms with Gasteiger partial charge >= 0.3 is 6.18 Å². The van der Waals surface area contributed by atoms with E-state index in [1.165, 1.54) is 0 Å². The number of nitrogens with zero attached hydrogens (tertiary/aromatic N) is 1. The maximum atomic E-state index is 12.5. The predicted molar refractivity (Wildman–Crippen MR) is 55.8 cm³/mol. The predicted octanol–water partition coefficient (Wildman–Crippen LogP) is 3.58. The fourth-order valence-electron chi connectivity index (χ4n) is 1.21. The molecule has 0 aliphatic carbocycles. The lowest BCUT2D eigenvalue weighted by Gasteiger charge is -2.10. The van der Waals surface area contributed by atoms with Gasteiger partial charge < -0.3 is 0 Å². The highest BCUT2D eigenvalue weighted by Crippen LogP contribution is 2.38. The number of nitro benzene ring substituents is 1. The van der Waals surface area contributed by atoms with Gasteiger partial charge in [-0.1, -0.05) is 15.9 Å². The summed E-state index contributed by atoms with van der Waals surface area (Å²) in [4.78, 5) is 20.6. The van der Waals surface area contributed by atoms with E-state index in [2.05, 4.69) is 15.9 Å². The second-order valence-corrected chi connectivity index (χ2v) is 4.01. The second kappa shape index (κ2) is 4.44. The standard InChI is InChI=1S/C9H5BrF3NO3/c1-4(15)5-2-7(10)6(9(11,12)13)3-8(5)14(16)17/h2-3H,1H3. The van der Waals surface area contributed by atoms with E-state index in [4.69, 9.17) is 0 Å². The summed E-state index contributed by atoms with van der Waals surface area (Å²) in [6.45, 7) is 1.04. The van der Waals surface area contributed by atoms with Crippen LogP contribution in [0.4, 0.5) is 18.9 Å². The van der Waals surface area contributed by atoms with E-state index >= 15 is 0 Å². The van der Waals surface area contributed by atoms with Crippen LogP contribution in [-0.4, -0.2) is 10.7 Å². The minimum atomic E-state index is -4.72. The highest BCUT2D eigenvalue weighted by molar-refractivity contribution is 9.10. The average molecular weight is 312 g/mol. The minimum Gasteiger partial charge on any atom is -0.294 e. The molecule has 0 amide bonds. The summed E-state index contributed by atoms with van der Waals surface area (Å²) in [6, 6.07) is 1.16. The lowest BCUT2D eigenvalue weighted by Crippen LogP contribution is -2.09. The largest absolute Gasteiger partial charge is 0.417 e. The number of hydrogen-bond donors (Lipinski definition) is 0. The number of Topliss-reactive ketones (excluding diaryl/α,β-unsaturated/α-hetero) is 1. The third-order valence-electron chi connectivity index (χ3n) is 1.97. The quantitative estimate of drug-likeness (QED) is 0.476. The third-order valence-corrected chi connectivity index (χ3v) is 2.62. The molecule has 0 unspecified atom stereocenters. The maximum absolute atomic E-state index is 12.5. The first-order valence-corrected chi connectivity index (χ1v) is 5.00. The van der Waals surface area contributed by atoms with Gasteiger partial charge in [0, 0.05) is 10.5 Å². The summed E-state index contributed by atoms with van der Waals surface area (Å²) in [6.07, 6.45) is -4.72. The number of nitro groups is 1. The third kappa shape index (κ3) is 2.82. The Bertz CT molecular complexity index is 499. The van der Waals surface area contributed by atoms with Crippen LogP contribution in [0.1, 0.15) is 22.8 Å². The number of benzene rings is 1. The molecule has 0 aliphatic heterocycles. The normalized spacial score (nSPS) is 11.4. The van der Waals surface area contributed by atoms with Crippen molar-refractivity contribution in [3.8, 4) is 0 Å². The number of carbonyl (C=O) groups is 1. The fraction of sp³-hybridized carbons (Fsp3) is 0.222. The van der Waals surface area contributed by atoms with Gasteiger partial charge in [0.05, 0.1) is 16.1 Å². The van der Waals surface area contributed by atoms with Gasteiger partial charge in [-0.3, -0.25) is 14.9 Å². The van der Waals surface area contributed by atoms with Crippen molar-refractivity contribution in [2.75, 3.05) is 0 Å². The zero-order valence-electron chi connectivity index (χ0n) is 8.34. The number of hydrogen-bond acceptors (Lipinski definition) is 3. The SMILES string of the molecule is CC(=O)c1cc(Br)c(C(F)(F)F)cc1[N+](=O)[O-]. The van der Waals surface area contributed by atoms with Crippen molar-refractivity contribution in [1.82, 2.24) is 0 Å². The molecule has 8 heteroatoms. The first kappa shape index (κ1) is 13.6. The van der Waals surface area contributed by atoms with Gasteiger partial charge in [0.15, 0.2) is 5.78 Å². The van der Waals surface area contributed by atoms with Crippen molar-refractivity contribution in [1.29, 1.82) is 0 Å². The summed E-state index contributed by atoms with van der Waals surface area (Å²) >= 11 is 2.64. The number of halogens is 4. The smallest absolute Gasteiger partial charge is 0.294 e. The Hall–Kier alpha value is -1.44. The molecule has 0 radical (unpaired) electrons. The lowest BCUT2D eigenvalue weighted by molar-refractivity contribution is -0.385. The topological polar surface area (TPSA) is 60.2 Å². The van der Waals surface area contributed by atoms with Crippen LogP contribution in [0, 0.1) is 10.1 Å². The fourth-order valence-corrected chi connectivity index (χ4v) is 1.78. The highest BCUT2D eigenvalue weighted by atomic mass is 79.9. The number of ketones is 1. The molecule has 4 nitrogen and oxygen atoms in total. The molecule has 92 valence electrons. The Morgan fingerprint density at radius 1 is 1.41 bits per heavy atom. The minimum absolute atomic E-state index is 0.348. The van der Waals surface area contributed by atoms with Gasteiger partial charge in [0.2, 0.25) is 0 Å². The molecule has 0 fully saturated rings. The van der Waals surface area contributed by atoms with Crippen LogP contribution >= 0.6 is 15.9 Å². The summed E-state index contributed by atoms with van der Waals surface area (Å²) in [5.74, 6) is -0.675. The zero-order chi connectivity index (χ0) is 13.4. The molecule has 0 N–H and O–H groups in total. The molecular formula is C9H5BrF3NO3. The van der Waals surface area contributed by atoms with Gasteiger partial charge in [0.1, 0.15) is 0 Å². The highest BCUT2D eigenvalue weighted by Gasteiger charge is 2.36. The van der Waals surface area contributed by atoms with E-state index in [1.54, 1.807) is 0 Å². The number of alkyl halides is 3. The van der Waals surface area contributed by atoms with Gasteiger partial charge in [-0.05, 0) is 13.0 Å². The molecule has 0 heterocycles. The van der Waals surface area contributed by atoms with Crippen LogP contribution in [0.15, 0.2) is 16.6 Å². The van der Waals surface area contributed by atoms with Crippen LogP contribution in [0.5, 0.6) is 0 Å². The molecule has 0 aliphatic rings. The van der Waals surface area contributed by atoms with Crippen LogP contribution in [0.3, 0.4) is 0 Å². The summed E-state index contributed by atoms with van der Waals surface area (Å²) < 4.78 is 37.1. The van der Waals surface area contributed by atoms with Crippen molar-refractivity contribution in [3.05, 3.63) is 37.8 Å². The summed E-state index contributed by atoms with van der Waals surface area (Å²) in [5.41, 5.74) is -2.41. The van der Waals surface area contributed by atoms with E-state index in [0.29, 0.717) is 6.07 Å². The zero-order valence-corrected chi connectivity index (χ0v) is 9.92. The van der Waals surface area contributed by atoms with Crippen molar-refractivity contribution in [2.24, 2.45) is 0 Å². The molecule has 1 aromatic carbocycles. The molecule has 0 aromatic heterocycles. The van der Waals surface area contributed by atoms with Crippen molar-refractivity contribution in [3.63, 3.8) is 0 Å². The maximum Gasteiger partial charge on any atom is 0.417 e. The van der Waals surface area contributed by atoms with E-state index in [1.807, 2.05) is 0 Å². The molecule has 0 bridgehead atoms. The Balaban J connectivity index is 3.57. The molecule has 0 spiro atoms. The lowest BCUT2D eigenvalue weighted by atomic mass is 10.1. The molecule has 1 rings (SSSR count). The molecular weight excluding hydrogens is 307 g/mol. The van der Waals surface area contributed by atoms with Gasteiger partial charge in [-0.2, -0.15) is 13.2 Å². The van der Waals surface area contributed by atoms with Crippen LogP contribution in [0.2, 0.25) is 0 Å². The molecule has 1 aromatic rings. The Morgan fingerprint density at radius 3 is 2.29 bits per heavy atom. The number of rotatable bonds is 2. The van der Waals surface area contributed by atoms with E-state index in [0.717, 1.165) is 13.0 Å². The van der Waals surface area contributed by atoms with E-state index in [-0.39, 0.29) is 5.56 Å². The van der Waals surface area contributed by atoms with Crippen LogP contribution < -0.4 is 0 Å². The van der Waals surface area contributed by atoms with Crippen LogP contribution in [0.25, 0.3) is 0 Å². The summed E-state index contributed by atoms with van der Waals surface area (Å²) in [7, 11) is 0. The van der Waals surface area contributed by atoms with Crippen molar-refractivity contribution >= 4 is 27.4 Å². The average Bonchev–Trinajstić information content (AvgIpc) is 2.14. The van der Waals surface area contributed by atoms with Gasteiger partial charge in [0.25, 0.3) is 5.69 Å². The van der Waals surface area contributed by atoms with Crippen molar-refractivity contribution in [2.45, 2.75) is 13.1 Å². The first-order chi connectivity index (χ1) is 7.64. The molecule has 0 saturated carbocycles. The molecule has 0 saturated heterocycles. The second-order valence-electron chi connectivity index (χ2n) is 3.16. The van der Waals surface area contributed by atoms with Crippen LogP contribution in [-0.2, 0) is 6.18 Å². The van der Waals surface area contributed by atoms with Gasteiger partial charge in [-0.25, -0.2) is 0 Å². The molecule has 0 atom stereocenters. The number of carbonyl (C=O) groups excluding carboxylic acids is 1. The monoisotopic (exact) mass is 311 g/mol. The Labute approximate surface area is 102 Å².